The molecule has 0 aliphatic heterocycles. The number of hydrogen-bond donors (Lipinski definition) is 1. The summed E-state index contributed by atoms with van der Waals surface area (Å²) in [4.78, 5) is 0. The Morgan fingerprint density at radius 3 is 2.72 bits per heavy atom. The second kappa shape index (κ2) is 6.16. The van der Waals surface area contributed by atoms with Crippen molar-refractivity contribution in [1.82, 2.24) is 15.1 Å². The lowest BCUT2D eigenvalue weighted by Crippen LogP contribution is -2.25. The summed E-state index contributed by atoms with van der Waals surface area (Å²) in [5, 5.41) is 7.84. The van der Waals surface area contributed by atoms with Crippen molar-refractivity contribution in [2.24, 2.45) is 7.05 Å². The van der Waals surface area contributed by atoms with E-state index in [2.05, 4.69) is 57.5 Å². The van der Waals surface area contributed by atoms with Crippen molar-refractivity contribution in [3.63, 3.8) is 0 Å². The normalized spacial score (nSPS) is 12.6. The molecular formula is C14H18BrN3. The zero-order chi connectivity index (χ0) is 13.0. The third-order valence-corrected chi connectivity index (χ3v) is 3.69. The van der Waals surface area contributed by atoms with E-state index in [-0.39, 0.29) is 6.04 Å². The Hall–Kier alpha value is -1.13. The molecule has 18 heavy (non-hydrogen) atoms. The minimum Gasteiger partial charge on any atom is -0.305 e. The first kappa shape index (κ1) is 13.3. The summed E-state index contributed by atoms with van der Waals surface area (Å²) in [6, 6.07) is 10.6. The Labute approximate surface area is 116 Å². The minimum absolute atomic E-state index is 0.174. The van der Waals surface area contributed by atoms with E-state index >= 15 is 0 Å². The van der Waals surface area contributed by atoms with Crippen LogP contribution in [0.5, 0.6) is 0 Å². The first-order valence-corrected chi connectivity index (χ1v) is 6.99. The first-order valence-electron chi connectivity index (χ1n) is 6.19. The quantitative estimate of drug-likeness (QED) is 0.919. The molecule has 1 N–H and O–H groups in total. The highest BCUT2D eigenvalue weighted by Gasteiger charge is 2.18. The molecule has 0 radical (unpaired) electrons. The van der Waals surface area contributed by atoms with Crippen molar-refractivity contribution in [1.29, 1.82) is 0 Å². The topological polar surface area (TPSA) is 29.9 Å². The number of benzene rings is 1. The maximum absolute atomic E-state index is 4.26. The van der Waals surface area contributed by atoms with Gasteiger partial charge in [0.1, 0.15) is 0 Å². The maximum Gasteiger partial charge on any atom is 0.0759 e. The van der Waals surface area contributed by atoms with Crippen molar-refractivity contribution in [3.8, 4) is 0 Å². The Morgan fingerprint density at radius 2 is 2.11 bits per heavy atom. The Morgan fingerprint density at radius 1 is 1.33 bits per heavy atom. The van der Waals surface area contributed by atoms with Crippen LogP contribution in [0.3, 0.4) is 0 Å². The number of hydrogen-bond acceptors (Lipinski definition) is 2. The van der Waals surface area contributed by atoms with Gasteiger partial charge in [-0.15, -0.1) is 0 Å². The zero-order valence-electron chi connectivity index (χ0n) is 10.7. The van der Waals surface area contributed by atoms with E-state index in [4.69, 9.17) is 0 Å². The van der Waals surface area contributed by atoms with Gasteiger partial charge in [0, 0.05) is 17.7 Å². The van der Waals surface area contributed by atoms with Crippen LogP contribution in [0, 0.1) is 0 Å². The number of nitrogens with zero attached hydrogens (tertiary/aromatic N) is 2. The van der Waals surface area contributed by atoms with Crippen LogP contribution in [0.25, 0.3) is 0 Å². The average molecular weight is 308 g/mol. The second-order valence-electron chi connectivity index (χ2n) is 4.29. The number of rotatable bonds is 5. The van der Waals surface area contributed by atoms with Crippen LogP contribution in [0.1, 0.15) is 30.6 Å². The third-order valence-electron chi connectivity index (χ3n) is 2.97. The van der Waals surface area contributed by atoms with Crippen molar-refractivity contribution in [2.75, 3.05) is 6.54 Å². The van der Waals surface area contributed by atoms with Gasteiger partial charge in [-0.3, -0.25) is 4.68 Å². The molecule has 2 rings (SSSR count). The van der Waals surface area contributed by atoms with Gasteiger partial charge >= 0.3 is 0 Å². The predicted octanol–water partition coefficient (Wildman–Crippen LogP) is 3.27. The summed E-state index contributed by atoms with van der Waals surface area (Å²) >= 11 is 3.63. The van der Waals surface area contributed by atoms with Crippen LogP contribution in [0.15, 0.2) is 41.0 Å². The molecule has 0 saturated heterocycles. The molecule has 1 heterocycles. The van der Waals surface area contributed by atoms with Crippen LogP contribution in [0.4, 0.5) is 0 Å². The number of halogens is 1. The molecule has 0 fully saturated rings. The minimum atomic E-state index is 0.174. The molecule has 0 amide bonds. The molecular weight excluding hydrogens is 290 g/mol. The molecule has 96 valence electrons. The van der Waals surface area contributed by atoms with Gasteiger partial charge in [0.15, 0.2) is 0 Å². The zero-order valence-corrected chi connectivity index (χ0v) is 12.3. The van der Waals surface area contributed by atoms with E-state index in [0.29, 0.717) is 0 Å². The Balaban J connectivity index is 2.37. The van der Waals surface area contributed by atoms with Gasteiger partial charge in [-0.25, -0.2) is 0 Å². The predicted molar refractivity (Wildman–Crippen MR) is 77.5 cm³/mol. The summed E-state index contributed by atoms with van der Waals surface area (Å²) in [6.07, 6.45) is 2.95. The highest BCUT2D eigenvalue weighted by molar-refractivity contribution is 9.10. The second-order valence-corrected chi connectivity index (χ2v) is 5.14. The van der Waals surface area contributed by atoms with Crippen LogP contribution in [0.2, 0.25) is 0 Å². The van der Waals surface area contributed by atoms with E-state index in [1.54, 1.807) is 0 Å². The highest BCUT2D eigenvalue weighted by atomic mass is 79.9. The van der Waals surface area contributed by atoms with Crippen LogP contribution in [-0.2, 0) is 7.05 Å². The van der Waals surface area contributed by atoms with E-state index in [1.807, 2.05) is 24.0 Å². The number of aromatic nitrogens is 2. The summed E-state index contributed by atoms with van der Waals surface area (Å²) in [5.41, 5.74) is 2.42. The van der Waals surface area contributed by atoms with Crippen LogP contribution >= 0.6 is 15.9 Å². The molecule has 1 atom stereocenters. The standard InChI is InChI=1S/C14H18BrN3/c1-3-9-16-14(13-8-10-17-18(13)2)11-6-4-5-7-12(11)15/h4-8,10,14,16H,3,9H2,1-2H3. The molecule has 0 bridgehead atoms. The Kier molecular flexibility index (Phi) is 4.55. The largest absolute Gasteiger partial charge is 0.305 e. The summed E-state index contributed by atoms with van der Waals surface area (Å²) in [6.45, 7) is 3.16. The van der Waals surface area contributed by atoms with Gasteiger partial charge in [0.05, 0.1) is 11.7 Å². The van der Waals surface area contributed by atoms with Gasteiger partial charge in [0.25, 0.3) is 0 Å². The molecule has 4 heteroatoms. The SMILES string of the molecule is CCCNC(c1ccccc1Br)c1ccnn1C. The average Bonchev–Trinajstić information content (AvgIpc) is 2.78. The number of aryl methyl sites for hydroxylation is 1. The van der Waals surface area contributed by atoms with Crippen molar-refractivity contribution < 1.29 is 0 Å². The maximum atomic E-state index is 4.26. The monoisotopic (exact) mass is 307 g/mol. The molecule has 1 unspecified atom stereocenters. The fourth-order valence-electron chi connectivity index (χ4n) is 2.04. The van der Waals surface area contributed by atoms with E-state index in [9.17, 15) is 0 Å². The summed E-state index contributed by atoms with van der Waals surface area (Å²) < 4.78 is 3.05. The molecule has 0 aliphatic carbocycles. The lowest BCUT2D eigenvalue weighted by molar-refractivity contribution is 0.552. The van der Waals surface area contributed by atoms with Crippen molar-refractivity contribution in [2.45, 2.75) is 19.4 Å². The molecule has 1 aromatic carbocycles. The first-order chi connectivity index (χ1) is 8.74. The fraction of sp³-hybridized carbons (Fsp3) is 0.357. The molecule has 0 aliphatic rings. The van der Waals surface area contributed by atoms with Gasteiger partial charge in [-0.2, -0.15) is 5.10 Å². The molecule has 1 aromatic heterocycles. The van der Waals surface area contributed by atoms with Crippen LogP contribution in [-0.4, -0.2) is 16.3 Å². The van der Waals surface area contributed by atoms with Crippen molar-refractivity contribution >= 4 is 15.9 Å². The molecule has 0 saturated carbocycles. The lowest BCUT2D eigenvalue weighted by atomic mass is 10.0. The van der Waals surface area contributed by atoms with Crippen molar-refractivity contribution in [3.05, 3.63) is 52.3 Å². The third kappa shape index (κ3) is 2.82. The summed E-state index contributed by atoms with van der Waals surface area (Å²) in [5.74, 6) is 0. The van der Waals surface area contributed by atoms with E-state index in [1.165, 1.54) is 11.3 Å². The van der Waals surface area contributed by atoms with Gasteiger partial charge in [-0.1, -0.05) is 41.1 Å². The van der Waals surface area contributed by atoms with E-state index in [0.717, 1.165) is 17.4 Å². The summed E-state index contributed by atoms with van der Waals surface area (Å²) in [7, 11) is 1.98. The molecule has 2 aromatic rings. The van der Waals surface area contributed by atoms with Gasteiger partial charge < -0.3 is 5.32 Å². The Bertz CT molecular complexity index is 507. The van der Waals surface area contributed by atoms with Gasteiger partial charge in [0.2, 0.25) is 0 Å². The highest BCUT2D eigenvalue weighted by Crippen LogP contribution is 2.28. The smallest absolute Gasteiger partial charge is 0.0759 e. The lowest BCUT2D eigenvalue weighted by Gasteiger charge is -2.20. The van der Waals surface area contributed by atoms with Crippen LogP contribution < -0.4 is 5.32 Å². The molecule has 0 spiro atoms. The number of nitrogens with one attached hydrogen (secondary N) is 1. The molecule has 3 nitrogen and oxygen atoms in total. The fourth-order valence-corrected chi connectivity index (χ4v) is 2.55. The van der Waals surface area contributed by atoms with E-state index < -0.39 is 0 Å². The van der Waals surface area contributed by atoms with Gasteiger partial charge in [-0.05, 0) is 30.7 Å².